The summed E-state index contributed by atoms with van der Waals surface area (Å²) < 4.78 is 24.4. The summed E-state index contributed by atoms with van der Waals surface area (Å²) in [5.74, 6) is 0.0136. The number of halogens is 2. The van der Waals surface area contributed by atoms with E-state index in [0.717, 1.165) is 0 Å². The molecular formula is C19H16BrFN2O3. The maximum atomic E-state index is 12.9. The number of benzene rings is 2. The molecule has 5 nitrogen and oxygen atoms in total. The van der Waals surface area contributed by atoms with Crippen molar-refractivity contribution in [2.75, 3.05) is 19.0 Å². The van der Waals surface area contributed by atoms with Crippen LogP contribution in [0.1, 0.15) is 12.5 Å². The molecular weight excluding hydrogens is 403 g/mol. The SMILES string of the molecule is CCOc1cc(/C=C(\C#N)C(=O)Nc2ccc(F)cc2)cc(Br)c1OC. The normalized spacial score (nSPS) is 10.8. The number of methoxy groups -OCH3 is 1. The van der Waals surface area contributed by atoms with Gasteiger partial charge in [0.25, 0.3) is 5.91 Å². The van der Waals surface area contributed by atoms with Gasteiger partial charge in [0.05, 0.1) is 18.2 Å². The largest absolute Gasteiger partial charge is 0.492 e. The second-order valence-corrected chi connectivity index (χ2v) is 5.95. The average Bonchev–Trinajstić information content (AvgIpc) is 2.61. The van der Waals surface area contributed by atoms with Crippen LogP contribution in [-0.4, -0.2) is 19.6 Å². The molecule has 7 heteroatoms. The maximum Gasteiger partial charge on any atom is 0.266 e. The molecule has 0 aromatic heterocycles. The molecule has 0 bridgehead atoms. The molecule has 0 atom stereocenters. The fourth-order valence-electron chi connectivity index (χ4n) is 2.18. The Kier molecular flexibility index (Phi) is 6.75. The van der Waals surface area contributed by atoms with Crippen molar-refractivity contribution in [2.24, 2.45) is 0 Å². The minimum atomic E-state index is -0.594. The Morgan fingerprint density at radius 2 is 2.04 bits per heavy atom. The van der Waals surface area contributed by atoms with Crippen LogP contribution < -0.4 is 14.8 Å². The highest BCUT2D eigenvalue weighted by Crippen LogP contribution is 2.37. The van der Waals surface area contributed by atoms with E-state index in [1.54, 1.807) is 12.1 Å². The fraction of sp³-hybridized carbons (Fsp3) is 0.158. The zero-order valence-electron chi connectivity index (χ0n) is 14.2. The number of hydrogen-bond acceptors (Lipinski definition) is 4. The van der Waals surface area contributed by atoms with E-state index in [1.807, 2.05) is 13.0 Å². The molecule has 0 unspecified atom stereocenters. The van der Waals surface area contributed by atoms with Crippen LogP contribution in [0.2, 0.25) is 0 Å². The summed E-state index contributed by atoms with van der Waals surface area (Å²) in [6, 6.07) is 10.5. The first kappa shape index (κ1) is 19.5. The Labute approximate surface area is 159 Å². The Bertz CT molecular complexity index is 874. The van der Waals surface area contributed by atoms with Gasteiger partial charge in [-0.1, -0.05) is 0 Å². The van der Waals surface area contributed by atoms with E-state index in [0.29, 0.717) is 33.8 Å². The van der Waals surface area contributed by atoms with Gasteiger partial charge in [0.2, 0.25) is 0 Å². The van der Waals surface area contributed by atoms with Gasteiger partial charge in [-0.2, -0.15) is 5.26 Å². The molecule has 0 spiro atoms. The molecule has 0 saturated carbocycles. The third kappa shape index (κ3) is 4.83. The number of hydrogen-bond donors (Lipinski definition) is 1. The number of ether oxygens (including phenoxy) is 2. The topological polar surface area (TPSA) is 71.3 Å². The van der Waals surface area contributed by atoms with Crippen molar-refractivity contribution >= 4 is 33.6 Å². The van der Waals surface area contributed by atoms with Gasteiger partial charge in [-0.05, 0) is 70.9 Å². The Morgan fingerprint density at radius 1 is 1.35 bits per heavy atom. The second-order valence-electron chi connectivity index (χ2n) is 5.10. The van der Waals surface area contributed by atoms with Crippen LogP contribution in [0.4, 0.5) is 10.1 Å². The van der Waals surface area contributed by atoms with Gasteiger partial charge in [-0.15, -0.1) is 0 Å². The smallest absolute Gasteiger partial charge is 0.266 e. The first-order chi connectivity index (χ1) is 12.5. The zero-order valence-corrected chi connectivity index (χ0v) is 15.8. The number of nitrogens with one attached hydrogen (secondary N) is 1. The first-order valence-electron chi connectivity index (χ1n) is 7.67. The van der Waals surface area contributed by atoms with Gasteiger partial charge in [-0.25, -0.2) is 4.39 Å². The maximum absolute atomic E-state index is 12.9. The zero-order chi connectivity index (χ0) is 19.1. The van der Waals surface area contributed by atoms with Crippen LogP contribution in [0.25, 0.3) is 6.08 Å². The van der Waals surface area contributed by atoms with Crippen LogP contribution in [0, 0.1) is 17.1 Å². The number of rotatable bonds is 6. The second kappa shape index (κ2) is 9.02. The van der Waals surface area contributed by atoms with Crippen molar-refractivity contribution in [1.82, 2.24) is 0 Å². The van der Waals surface area contributed by atoms with Gasteiger partial charge < -0.3 is 14.8 Å². The number of carbonyl (C=O) groups excluding carboxylic acids is 1. The monoisotopic (exact) mass is 418 g/mol. The minimum Gasteiger partial charge on any atom is -0.492 e. The first-order valence-corrected chi connectivity index (χ1v) is 8.46. The quantitative estimate of drug-likeness (QED) is 0.551. The number of nitriles is 1. The Balaban J connectivity index is 2.31. The molecule has 0 aliphatic carbocycles. The third-order valence-corrected chi connectivity index (χ3v) is 3.90. The fourth-order valence-corrected chi connectivity index (χ4v) is 2.80. The lowest BCUT2D eigenvalue weighted by Gasteiger charge is -2.12. The highest BCUT2D eigenvalue weighted by Gasteiger charge is 2.13. The Morgan fingerprint density at radius 3 is 2.62 bits per heavy atom. The molecule has 2 aromatic carbocycles. The Hall–Kier alpha value is -2.85. The van der Waals surface area contributed by atoms with Crippen LogP contribution in [0.3, 0.4) is 0 Å². The summed E-state index contributed by atoms with van der Waals surface area (Å²) in [6.45, 7) is 2.28. The van der Waals surface area contributed by atoms with Crippen molar-refractivity contribution in [3.63, 3.8) is 0 Å². The van der Waals surface area contributed by atoms with E-state index in [9.17, 15) is 14.4 Å². The predicted octanol–water partition coefficient (Wildman–Crippen LogP) is 4.54. The van der Waals surface area contributed by atoms with Gasteiger partial charge in [0, 0.05) is 5.69 Å². The lowest BCUT2D eigenvalue weighted by molar-refractivity contribution is -0.112. The molecule has 2 rings (SSSR count). The molecule has 0 aliphatic rings. The molecule has 0 fully saturated rings. The van der Waals surface area contributed by atoms with Gasteiger partial charge in [-0.3, -0.25) is 4.79 Å². The molecule has 0 heterocycles. The predicted molar refractivity (Wildman–Crippen MR) is 100 cm³/mol. The molecule has 1 N–H and O–H groups in total. The van der Waals surface area contributed by atoms with Crippen molar-refractivity contribution < 1.29 is 18.7 Å². The number of amides is 1. The number of anilines is 1. The molecule has 26 heavy (non-hydrogen) atoms. The molecule has 0 aliphatic heterocycles. The number of nitrogens with zero attached hydrogens (tertiary/aromatic N) is 1. The highest BCUT2D eigenvalue weighted by molar-refractivity contribution is 9.10. The summed E-state index contributed by atoms with van der Waals surface area (Å²) in [5.41, 5.74) is 0.879. The van der Waals surface area contributed by atoms with Crippen molar-refractivity contribution in [3.8, 4) is 17.6 Å². The van der Waals surface area contributed by atoms with E-state index in [2.05, 4.69) is 21.2 Å². The van der Waals surface area contributed by atoms with E-state index in [1.165, 1.54) is 37.5 Å². The van der Waals surface area contributed by atoms with E-state index >= 15 is 0 Å². The summed E-state index contributed by atoms with van der Waals surface area (Å²) in [7, 11) is 1.52. The van der Waals surface area contributed by atoms with Crippen molar-refractivity contribution in [2.45, 2.75) is 6.92 Å². The van der Waals surface area contributed by atoms with Gasteiger partial charge in [0.15, 0.2) is 11.5 Å². The number of carbonyl (C=O) groups is 1. The molecule has 134 valence electrons. The lowest BCUT2D eigenvalue weighted by Crippen LogP contribution is -2.13. The molecule has 0 saturated heterocycles. The summed E-state index contributed by atoms with van der Waals surface area (Å²) in [5, 5.41) is 11.9. The minimum absolute atomic E-state index is 0.103. The summed E-state index contributed by atoms with van der Waals surface area (Å²) in [4.78, 5) is 12.3. The molecule has 0 radical (unpaired) electrons. The molecule has 2 aromatic rings. The van der Waals surface area contributed by atoms with Crippen molar-refractivity contribution in [1.29, 1.82) is 5.26 Å². The van der Waals surface area contributed by atoms with E-state index in [4.69, 9.17) is 9.47 Å². The van der Waals surface area contributed by atoms with Crippen LogP contribution in [0.5, 0.6) is 11.5 Å². The van der Waals surface area contributed by atoms with E-state index < -0.39 is 11.7 Å². The van der Waals surface area contributed by atoms with Crippen LogP contribution in [0.15, 0.2) is 46.4 Å². The molecule has 1 amide bonds. The lowest BCUT2D eigenvalue weighted by atomic mass is 10.1. The summed E-state index contributed by atoms with van der Waals surface area (Å²) in [6.07, 6.45) is 1.44. The van der Waals surface area contributed by atoms with Crippen LogP contribution in [-0.2, 0) is 4.79 Å². The standard InChI is InChI=1S/C19H16BrFN2O3/c1-3-26-17-10-12(9-16(20)18(17)25-2)8-13(11-22)19(24)23-15-6-4-14(21)5-7-15/h4-10H,3H2,1-2H3,(H,23,24)/b13-8+. The third-order valence-electron chi connectivity index (χ3n) is 3.31. The highest BCUT2D eigenvalue weighted by atomic mass is 79.9. The van der Waals surface area contributed by atoms with Gasteiger partial charge >= 0.3 is 0 Å². The summed E-state index contributed by atoms with van der Waals surface area (Å²) >= 11 is 3.38. The van der Waals surface area contributed by atoms with Gasteiger partial charge in [0.1, 0.15) is 17.5 Å². The average molecular weight is 419 g/mol. The van der Waals surface area contributed by atoms with Crippen molar-refractivity contribution in [3.05, 3.63) is 57.8 Å². The van der Waals surface area contributed by atoms with E-state index in [-0.39, 0.29) is 5.57 Å². The van der Waals surface area contributed by atoms with Crippen LogP contribution >= 0.6 is 15.9 Å².